The standard InChI is InChI=1S/C15H13BrN2O2S2/c1-10-3-5-13(7-11(10)2)22(19,20)18-15-6-4-12(21-9-17)8-14(15)16/h3-8,18H,1-2H3. The number of thioether (sulfide) groups is 1. The molecule has 2 aromatic carbocycles. The Kier molecular flexibility index (Phi) is 5.16. The zero-order chi connectivity index (χ0) is 16.3. The lowest BCUT2D eigenvalue weighted by Crippen LogP contribution is -2.13. The van der Waals surface area contributed by atoms with E-state index in [4.69, 9.17) is 5.26 Å². The van der Waals surface area contributed by atoms with E-state index >= 15 is 0 Å². The van der Waals surface area contributed by atoms with Gasteiger partial charge in [0.15, 0.2) is 0 Å². The summed E-state index contributed by atoms with van der Waals surface area (Å²) in [6.07, 6.45) is 0. The summed E-state index contributed by atoms with van der Waals surface area (Å²) in [6.45, 7) is 3.81. The van der Waals surface area contributed by atoms with E-state index in [-0.39, 0.29) is 4.90 Å². The van der Waals surface area contributed by atoms with E-state index in [0.717, 1.165) is 27.8 Å². The van der Waals surface area contributed by atoms with Crippen LogP contribution in [0.3, 0.4) is 0 Å². The summed E-state index contributed by atoms with van der Waals surface area (Å²) in [6, 6.07) is 10.0. The maximum atomic E-state index is 12.4. The number of anilines is 1. The summed E-state index contributed by atoms with van der Waals surface area (Å²) >= 11 is 4.33. The van der Waals surface area contributed by atoms with Crippen molar-refractivity contribution < 1.29 is 8.42 Å². The molecule has 0 bridgehead atoms. The summed E-state index contributed by atoms with van der Waals surface area (Å²) in [4.78, 5) is 0.960. The third-order valence-corrected chi connectivity index (χ3v) is 5.74. The van der Waals surface area contributed by atoms with Gasteiger partial charge in [-0.3, -0.25) is 4.72 Å². The van der Waals surface area contributed by atoms with Gasteiger partial charge in [-0.1, -0.05) is 6.07 Å². The topological polar surface area (TPSA) is 70.0 Å². The number of hydrogen-bond donors (Lipinski definition) is 1. The van der Waals surface area contributed by atoms with Gasteiger partial charge in [0.1, 0.15) is 5.40 Å². The highest BCUT2D eigenvalue weighted by atomic mass is 79.9. The zero-order valence-corrected chi connectivity index (χ0v) is 15.1. The van der Waals surface area contributed by atoms with Crippen LogP contribution in [0.25, 0.3) is 0 Å². The molecule has 0 aliphatic rings. The predicted octanol–water partition coefficient (Wildman–Crippen LogP) is 4.44. The van der Waals surface area contributed by atoms with Crippen molar-refractivity contribution in [2.45, 2.75) is 23.6 Å². The van der Waals surface area contributed by atoms with Crippen molar-refractivity contribution in [2.75, 3.05) is 4.72 Å². The van der Waals surface area contributed by atoms with Crippen molar-refractivity contribution in [3.8, 4) is 5.40 Å². The molecule has 0 heterocycles. The van der Waals surface area contributed by atoms with Crippen molar-refractivity contribution in [3.63, 3.8) is 0 Å². The maximum absolute atomic E-state index is 12.4. The van der Waals surface area contributed by atoms with Crippen LogP contribution in [0.2, 0.25) is 0 Å². The fourth-order valence-electron chi connectivity index (χ4n) is 1.78. The number of rotatable bonds is 4. The molecule has 114 valence electrons. The van der Waals surface area contributed by atoms with Crippen molar-refractivity contribution in [2.24, 2.45) is 0 Å². The van der Waals surface area contributed by atoms with Crippen LogP contribution in [0.1, 0.15) is 11.1 Å². The van der Waals surface area contributed by atoms with Crippen LogP contribution in [-0.2, 0) is 10.0 Å². The Morgan fingerprint density at radius 2 is 1.86 bits per heavy atom. The number of halogens is 1. The lowest BCUT2D eigenvalue weighted by Gasteiger charge is -2.11. The van der Waals surface area contributed by atoms with Crippen molar-refractivity contribution >= 4 is 43.4 Å². The second-order valence-corrected chi connectivity index (χ2v) is 8.08. The molecule has 0 radical (unpaired) electrons. The smallest absolute Gasteiger partial charge is 0.261 e. The molecule has 7 heteroatoms. The minimum atomic E-state index is -3.65. The predicted molar refractivity (Wildman–Crippen MR) is 92.3 cm³/mol. The van der Waals surface area contributed by atoms with Crippen LogP contribution in [0.5, 0.6) is 0 Å². The number of aryl methyl sites for hydroxylation is 2. The molecule has 0 spiro atoms. The molecule has 0 aliphatic heterocycles. The fraction of sp³-hybridized carbons (Fsp3) is 0.133. The molecule has 0 unspecified atom stereocenters. The van der Waals surface area contributed by atoms with Gasteiger partial charge in [0.2, 0.25) is 0 Å². The largest absolute Gasteiger partial charge is 0.278 e. The zero-order valence-electron chi connectivity index (χ0n) is 11.9. The normalized spacial score (nSPS) is 11.0. The van der Waals surface area contributed by atoms with Crippen LogP contribution in [0, 0.1) is 24.5 Å². The van der Waals surface area contributed by atoms with Gasteiger partial charge in [0.05, 0.1) is 10.6 Å². The third kappa shape index (κ3) is 3.83. The molecule has 0 atom stereocenters. The number of nitrogens with zero attached hydrogens (tertiary/aromatic N) is 1. The van der Waals surface area contributed by atoms with Crippen LogP contribution in [0.15, 0.2) is 50.7 Å². The highest BCUT2D eigenvalue weighted by molar-refractivity contribution is 9.10. The van der Waals surface area contributed by atoms with E-state index in [2.05, 4.69) is 20.7 Å². The number of thiocyanates is 1. The van der Waals surface area contributed by atoms with E-state index in [1.165, 1.54) is 0 Å². The minimum Gasteiger partial charge on any atom is -0.278 e. The first-order chi connectivity index (χ1) is 10.3. The van der Waals surface area contributed by atoms with E-state index in [1.807, 2.05) is 19.2 Å². The first-order valence-corrected chi connectivity index (χ1v) is 9.38. The molecule has 22 heavy (non-hydrogen) atoms. The summed E-state index contributed by atoms with van der Waals surface area (Å²) in [7, 11) is -3.65. The Labute approximate surface area is 142 Å². The monoisotopic (exact) mass is 396 g/mol. The minimum absolute atomic E-state index is 0.220. The third-order valence-electron chi connectivity index (χ3n) is 3.14. The first-order valence-electron chi connectivity index (χ1n) is 6.29. The Balaban J connectivity index is 2.32. The van der Waals surface area contributed by atoms with Crippen molar-refractivity contribution in [1.82, 2.24) is 0 Å². The van der Waals surface area contributed by atoms with Crippen molar-refractivity contribution in [3.05, 3.63) is 52.0 Å². The lowest BCUT2D eigenvalue weighted by molar-refractivity contribution is 0.601. The van der Waals surface area contributed by atoms with E-state index in [9.17, 15) is 8.42 Å². The summed E-state index contributed by atoms with van der Waals surface area (Å²) in [5, 5.41) is 10.6. The molecule has 4 nitrogen and oxygen atoms in total. The van der Waals surface area contributed by atoms with Gasteiger partial charge in [0.25, 0.3) is 10.0 Å². The quantitative estimate of drug-likeness (QED) is 0.612. The van der Waals surface area contributed by atoms with E-state index < -0.39 is 10.0 Å². The molecule has 0 aromatic heterocycles. The van der Waals surface area contributed by atoms with Gasteiger partial charge < -0.3 is 0 Å². The Morgan fingerprint density at radius 1 is 1.14 bits per heavy atom. The molecule has 2 aromatic rings. The van der Waals surface area contributed by atoms with E-state index in [0.29, 0.717) is 10.2 Å². The van der Waals surface area contributed by atoms with Crippen LogP contribution in [0.4, 0.5) is 5.69 Å². The van der Waals surface area contributed by atoms with Crippen LogP contribution >= 0.6 is 27.7 Å². The van der Waals surface area contributed by atoms with E-state index in [1.54, 1.807) is 36.4 Å². The summed E-state index contributed by atoms with van der Waals surface area (Å²) in [5.74, 6) is 0. The molecule has 0 saturated heterocycles. The second kappa shape index (κ2) is 6.73. The van der Waals surface area contributed by atoms with Crippen molar-refractivity contribution in [1.29, 1.82) is 5.26 Å². The highest BCUT2D eigenvalue weighted by Crippen LogP contribution is 2.30. The maximum Gasteiger partial charge on any atom is 0.261 e. The average molecular weight is 397 g/mol. The van der Waals surface area contributed by atoms with Gasteiger partial charge >= 0.3 is 0 Å². The molecule has 0 saturated carbocycles. The van der Waals surface area contributed by atoms with Gasteiger partial charge in [-0.05, 0) is 83.0 Å². The van der Waals surface area contributed by atoms with Gasteiger partial charge in [0, 0.05) is 9.37 Å². The Morgan fingerprint density at radius 3 is 2.45 bits per heavy atom. The molecular formula is C15H13BrN2O2S2. The van der Waals surface area contributed by atoms with Gasteiger partial charge in [-0.15, -0.1) is 0 Å². The van der Waals surface area contributed by atoms with Crippen LogP contribution in [-0.4, -0.2) is 8.42 Å². The lowest BCUT2D eigenvalue weighted by atomic mass is 10.1. The van der Waals surface area contributed by atoms with Gasteiger partial charge in [-0.25, -0.2) is 8.42 Å². The summed E-state index contributed by atoms with van der Waals surface area (Å²) < 4.78 is 28.0. The molecule has 0 amide bonds. The molecular weight excluding hydrogens is 384 g/mol. The number of hydrogen-bond acceptors (Lipinski definition) is 4. The summed E-state index contributed by atoms with van der Waals surface area (Å²) in [5.41, 5.74) is 2.39. The number of nitriles is 1. The number of nitrogens with one attached hydrogen (secondary N) is 1. The highest BCUT2D eigenvalue weighted by Gasteiger charge is 2.16. The second-order valence-electron chi connectivity index (χ2n) is 4.69. The fourth-order valence-corrected chi connectivity index (χ4v) is 4.12. The molecule has 0 fully saturated rings. The SMILES string of the molecule is Cc1ccc(S(=O)(=O)Nc2ccc(SC#N)cc2Br)cc1C. The number of benzene rings is 2. The van der Waals surface area contributed by atoms with Crippen LogP contribution < -0.4 is 4.72 Å². The molecule has 0 aliphatic carbocycles. The molecule has 1 N–H and O–H groups in total. The average Bonchev–Trinajstić information content (AvgIpc) is 2.45. The molecule has 2 rings (SSSR count). The number of sulfonamides is 1. The van der Waals surface area contributed by atoms with Gasteiger partial charge in [-0.2, -0.15) is 5.26 Å². The Bertz CT molecular complexity index is 858. The first kappa shape index (κ1) is 16.9. The Hall–Kier alpha value is -1.49.